The van der Waals surface area contributed by atoms with E-state index in [1.165, 1.54) is 12.8 Å². The van der Waals surface area contributed by atoms with E-state index in [0.29, 0.717) is 16.4 Å². The average Bonchev–Trinajstić information content (AvgIpc) is 2.74. The first kappa shape index (κ1) is 12.6. The molecule has 2 rings (SSSR count). The van der Waals surface area contributed by atoms with Gasteiger partial charge in [-0.05, 0) is 19.8 Å². The zero-order chi connectivity index (χ0) is 12.4. The Morgan fingerprint density at radius 1 is 1.53 bits per heavy atom. The molecule has 1 aliphatic rings. The van der Waals surface area contributed by atoms with Gasteiger partial charge in [0.1, 0.15) is 0 Å². The third kappa shape index (κ3) is 2.54. The standard InChI is InChI=1S/C12H18BrN3O/c1-8-9(7-14-15-8)12(17)16(2)11-6-4-3-5-10(11)13/h7,10-11H,3-6H2,1-2H3,(H,14,15). The SMILES string of the molecule is Cc1[nH]ncc1C(=O)N(C)C1CCCCC1Br. The third-order valence-corrected chi connectivity index (χ3v) is 4.59. The highest BCUT2D eigenvalue weighted by molar-refractivity contribution is 9.09. The first-order valence-electron chi connectivity index (χ1n) is 6.02. The molecule has 0 aliphatic heterocycles. The van der Waals surface area contributed by atoms with Gasteiger partial charge in [-0.15, -0.1) is 0 Å². The fraction of sp³-hybridized carbons (Fsp3) is 0.667. The minimum atomic E-state index is 0.0626. The monoisotopic (exact) mass is 299 g/mol. The van der Waals surface area contributed by atoms with Crippen LogP contribution in [0.3, 0.4) is 0 Å². The Balaban J connectivity index is 2.11. The van der Waals surface area contributed by atoms with Gasteiger partial charge in [-0.1, -0.05) is 28.8 Å². The lowest BCUT2D eigenvalue weighted by atomic mass is 9.94. The van der Waals surface area contributed by atoms with Crippen LogP contribution in [0.25, 0.3) is 0 Å². The highest BCUT2D eigenvalue weighted by Gasteiger charge is 2.30. The third-order valence-electron chi connectivity index (χ3n) is 3.53. The number of nitrogens with one attached hydrogen (secondary N) is 1. The molecule has 17 heavy (non-hydrogen) atoms. The van der Waals surface area contributed by atoms with E-state index < -0.39 is 0 Å². The summed E-state index contributed by atoms with van der Waals surface area (Å²) in [6.07, 6.45) is 6.29. The smallest absolute Gasteiger partial charge is 0.257 e. The van der Waals surface area contributed by atoms with E-state index in [0.717, 1.165) is 18.5 Å². The van der Waals surface area contributed by atoms with Crippen LogP contribution in [0.4, 0.5) is 0 Å². The van der Waals surface area contributed by atoms with Crippen LogP contribution in [0.1, 0.15) is 41.7 Å². The average molecular weight is 300 g/mol. The topological polar surface area (TPSA) is 49.0 Å². The van der Waals surface area contributed by atoms with Gasteiger partial charge < -0.3 is 4.90 Å². The molecule has 1 amide bonds. The molecule has 1 aromatic rings. The molecule has 0 bridgehead atoms. The first-order chi connectivity index (χ1) is 8.11. The lowest BCUT2D eigenvalue weighted by Crippen LogP contribution is -2.44. The highest BCUT2D eigenvalue weighted by Crippen LogP contribution is 2.28. The van der Waals surface area contributed by atoms with Crippen molar-refractivity contribution in [3.8, 4) is 0 Å². The second kappa shape index (κ2) is 5.21. The quantitative estimate of drug-likeness (QED) is 0.853. The van der Waals surface area contributed by atoms with Gasteiger partial charge in [0.15, 0.2) is 0 Å². The summed E-state index contributed by atoms with van der Waals surface area (Å²) in [5.74, 6) is 0.0626. The summed E-state index contributed by atoms with van der Waals surface area (Å²) < 4.78 is 0. The zero-order valence-corrected chi connectivity index (χ0v) is 11.8. The number of aromatic nitrogens is 2. The molecule has 2 atom stereocenters. The lowest BCUT2D eigenvalue weighted by molar-refractivity contribution is 0.0704. The molecule has 94 valence electrons. The fourth-order valence-electron chi connectivity index (χ4n) is 2.41. The van der Waals surface area contributed by atoms with E-state index in [2.05, 4.69) is 26.1 Å². The van der Waals surface area contributed by atoms with Crippen molar-refractivity contribution >= 4 is 21.8 Å². The molecule has 1 heterocycles. The van der Waals surface area contributed by atoms with Crippen molar-refractivity contribution in [2.45, 2.75) is 43.5 Å². The van der Waals surface area contributed by atoms with E-state index >= 15 is 0 Å². The van der Waals surface area contributed by atoms with E-state index in [9.17, 15) is 4.79 Å². The molecule has 5 heteroatoms. The maximum absolute atomic E-state index is 12.3. The lowest BCUT2D eigenvalue weighted by Gasteiger charge is -2.35. The number of amides is 1. The molecule has 1 saturated carbocycles. The number of rotatable bonds is 2. The zero-order valence-electron chi connectivity index (χ0n) is 10.2. The van der Waals surface area contributed by atoms with Crippen molar-refractivity contribution in [2.24, 2.45) is 0 Å². The van der Waals surface area contributed by atoms with Crippen molar-refractivity contribution in [2.75, 3.05) is 7.05 Å². The van der Waals surface area contributed by atoms with Crippen molar-refractivity contribution in [3.05, 3.63) is 17.5 Å². The molecule has 0 radical (unpaired) electrons. The number of aromatic amines is 1. The van der Waals surface area contributed by atoms with Crippen LogP contribution in [0.15, 0.2) is 6.20 Å². The van der Waals surface area contributed by atoms with Crippen LogP contribution in [-0.4, -0.2) is 38.9 Å². The highest BCUT2D eigenvalue weighted by atomic mass is 79.9. The van der Waals surface area contributed by atoms with Gasteiger partial charge in [0, 0.05) is 23.6 Å². The van der Waals surface area contributed by atoms with Gasteiger partial charge in [0.05, 0.1) is 11.8 Å². The van der Waals surface area contributed by atoms with Crippen LogP contribution in [-0.2, 0) is 0 Å². The van der Waals surface area contributed by atoms with Crippen molar-refractivity contribution in [3.63, 3.8) is 0 Å². The summed E-state index contributed by atoms with van der Waals surface area (Å²) in [6, 6.07) is 0.297. The van der Waals surface area contributed by atoms with Gasteiger partial charge in [0.2, 0.25) is 0 Å². The summed E-state index contributed by atoms with van der Waals surface area (Å²) in [7, 11) is 1.89. The number of alkyl halides is 1. The molecule has 0 saturated heterocycles. The van der Waals surface area contributed by atoms with E-state index in [-0.39, 0.29) is 5.91 Å². The van der Waals surface area contributed by atoms with Crippen molar-refractivity contribution < 1.29 is 4.79 Å². The Kier molecular flexibility index (Phi) is 3.86. The largest absolute Gasteiger partial charge is 0.337 e. The van der Waals surface area contributed by atoms with Crippen LogP contribution >= 0.6 is 15.9 Å². The Hall–Kier alpha value is -0.840. The summed E-state index contributed by atoms with van der Waals surface area (Å²) in [5.41, 5.74) is 1.52. The van der Waals surface area contributed by atoms with Gasteiger partial charge in [0.25, 0.3) is 5.91 Å². The Bertz CT molecular complexity index is 404. The Labute approximate surface area is 110 Å². The number of halogens is 1. The Morgan fingerprint density at radius 3 is 2.82 bits per heavy atom. The summed E-state index contributed by atoms with van der Waals surface area (Å²) >= 11 is 3.69. The van der Waals surface area contributed by atoms with Crippen LogP contribution < -0.4 is 0 Å². The van der Waals surface area contributed by atoms with E-state index in [1.807, 2.05) is 18.9 Å². The number of hydrogen-bond donors (Lipinski definition) is 1. The molecule has 4 nitrogen and oxygen atoms in total. The van der Waals surface area contributed by atoms with Gasteiger partial charge in [-0.25, -0.2) is 0 Å². The minimum Gasteiger partial charge on any atom is -0.337 e. The summed E-state index contributed by atoms with van der Waals surface area (Å²) in [4.78, 5) is 14.6. The molecule has 0 spiro atoms. The van der Waals surface area contributed by atoms with E-state index in [4.69, 9.17) is 0 Å². The molecule has 1 aromatic heterocycles. The maximum atomic E-state index is 12.3. The van der Waals surface area contributed by atoms with Gasteiger partial charge in [-0.3, -0.25) is 9.89 Å². The number of nitrogens with zero attached hydrogens (tertiary/aromatic N) is 2. The van der Waals surface area contributed by atoms with Crippen LogP contribution in [0, 0.1) is 6.92 Å². The van der Waals surface area contributed by atoms with Crippen LogP contribution in [0.5, 0.6) is 0 Å². The minimum absolute atomic E-state index is 0.0626. The first-order valence-corrected chi connectivity index (χ1v) is 6.94. The second-order valence-corrected chi connectivity index (χ2v) is 5.87. The maximum Gasteiger partial charge on any atom is 0.257 e. The van der Waals surface area contributed by atoms with Crippen LogP contribution in [0.2, 0.25) is 0 Å². The number of carbonyl (C=O) groups excluding carboxylic acids is 1. The Morgan fingerprint density at radius 2 is 2.24 bits per heavy atom. The van der Waals surface area contributed by atoms with Gasteiger partial charge >= 0.3 is 0 Å². The summed E-state index contributed by atoms with van der Waals surface area (Å²) in [6.45, 7) is 1.88. The molecular weight excluding hydrogens is 282 g/mol. The molecule has 0 aromatic carbocycles. The molecule has 1 aliphatic carbocycles. The number of carbonyl (C=O) groups is 1. The molecule has 2 unspecified atom stereocenters. The summed E-state index contributed by atoms with van der Waals surface area (Å²) in [5, 5.41) is 6.71. The predicted molar refractivity (Wildman–Crippen MR) is 70.4 cm³/mol. The second-order valence-electron chi connectivity index (χ2n) is 4.69. The van der Waals surface area contributed by atoms with Crippen molar-refractivity contribution in [1.82, 2.24) is 15.1 Å². The molecule has 1 N–H and O–H groups in total. The fourth-order valence-corrected chi connectivity index (χ4v) is 3.35. The van der Waals surface area contributed by atoms with Crippen molar-refractivity contribution in [1.29, 1.82) is 0 Å². The molecule has 1 fully saturated rings. The normalized spacial score (nSPS) is 24.6. The number of aryl methyl sites for hydroxylation is 1. The number of hydrogen-bond acceptors (Lipinski definition) is 2. The predicted octanol–water partition coefficient (Wildman–Crippen LogP) is 2.50. The molecular formula is C12H18BrN3O. The van der Waals surface area contributed by atoms with E-state index in [1.54, 1.807) is 6.20 Å². The van der Waals surface area contributed by atoms with Gasteiger partial charge in [-0.2, -0.15) is 5.10 Å². The number of H-pyrrole nitrogens is 1.